The third kappa shape index (κ3) is 12.1. The second-order valence-electron chi connectivity index (χ2n) is 17.3. The number of hydrogen-bond acceptors (Lipinski definition) is 11. The van der Waals surface area contributed by atoms with Gasteiger partial charge in [0.05, 0.1) is 66.5 Å². The Bertz CT molecular complexity index is 2270. The van der Waals surface area contributed by atoms with E-state index in [0.29, 0.717) is 75.6 Å². The molecule has 3 N–H and O–H groups in total. The number of rotatable bonds is 20. The fraction of sp³-hybridized carbons (Fsp3) is 0.529. The van der Waals surface area contributed by atoms with E-state index < -0.39 is 54.5 Å². The summed E-state index contributed by atoms with van der Waals surface area (Å²) in [4.78, 5) is 0.388. The quantitative estimate of drug-likeness (QED) is 0.0725. The summed E-state index contributed by atoms with van der Waals surface area (Å²) < 4.78 is 75.9. The molecule has 0 fully saturated rings. The van der Waals surface area contributed by atoms with Crippen LogP contribution in [0.3, 0.4) is 0 Å². The topological polar surface area (TPSA) is 166 Å². The molecule has 352 valence electrons. The third-order valence-electron chi connectivity index (χ3n) is 13.2. The molecule has 4 aromatic rings. The van der Waals surface area contributed by atoms with E-state index in [2.05, 4.69) is 13.8 Å². The highest BCUT2D eigenvalue weighted by Crippen LogP contribution is 2.51. The number of benzene rings is 4. The SMILES string of the molecule is CCCC[C@]1(CC)CS(=O)(=O)c2cc(O)ccc2[C@@H](c2ccccc2)C1O.CCCC[C@]1(CC)CS(=O)(=O)c2cc(OCCOCCOCCOC)ccc2[C@@H](c2ccccc2)C1O. The van der Waals surface area contributed by atoms with Gasteiger partial charge in [0.15, 0.2) is 19.7 Å². The Morgan fingerprint density at radius 1 is 0.578 bits per heavy atom. The normalized spacial score (nSPS) is 24.5. The highest BCUT2D eigenvalue weighted by Gasteiger charge is 2.50. The Hall–Kier alpha value is -3.82. The maximum absolute atomic E-state index is 13.8. The van der Waals surface area contributed by atoms with Crippen LogP contribution in [0.15, 0.2) is 107 Å². The molecule has 64 heavy (non-hydrogen) atoms. The number of phenols is 1. The standard InChI is InChI=1S/C29H42O7S.C22H28O4S/c1-4-6-14-29(5-2)22-37(31,32)26-21-24(36-20-19-35-18-17-34-16-15-33-3)12-13-25(26)27(28(29)30)23-10-8-7-9-11-23;1-3-5-13-22(4-2)15-27(25,26)19-14-17(23)11-12-18(19)20(21(22)24)16-9-7-6-8-10-16/h7-13,21,27-28,30H,4-6,14-20,22H2,1-3H3;6-12,14,20-21,23-24H,3-5,13,15H2,1-2H3/t27-,28?,29-;20-,21?,22-/m11/s1. The van der Waals surface area contributed by atoms with Crippen LogP contribution in [0.4, 0.5) is 0 Å². The van der Waals surface area contributed by atoms with Crippen LogP contribution in [0.1, 0.15) is 113 Å². The van der Waals surface area contributed by atoms with Crippen molar-refractivity contribution >= 4 is 19.7 Å². The lowest BCUT2D eigenvalue weighted by atomic mass is 9.69. The number of fused-ring (bicyclic) bond motifs is 2. The predicted molar refractivity (Wildman–Crippen MR) is 251 cm³/mol. The summed E-state index contributed by atoms with van der Waals surface area (Å²) in [6.45, 7) is 10.7. The van der Waals surface area contributed by atoms with Crippen molar-refractivity contribution in [2.24, 2.45) is 10.8 Å². The van der Waals surface area contributed by atoms with Crippen LogP contribution in [0.25, 0.3) is 0 Å². The molecule has 0 spiro atoms. The third-order valence-corrected chi connectivity index (χ3v) is 17.2. The first kappa shape index (κ1) is 51.2. The molecule has 0 aromatic heterocycles. The average Bonchev–Trinajstić information content (AvgIpc) is 3.42. The van der Waals surface area contributed by atoms with Crippen LogP contribution >= 0.6 is 0 Å². The van der Waals surface area contributed by atoms with Crippen molar-refractivity contribution in [3.63, 3.8) is 0 Å². The maximum Gasteiger partial charge on any atom is 0.179 e. The monoisotopic (exact) mass is 922 g/mol. The molecule has 6 rings (SSSR count). The molecule has 0 bridgehead atoms. The Morgan fingerprint density at radius 3 is 1.47 bits per heavy atom. The summed E-state index contributed by atoms with van der Waals surface area (Å²) in [6, 6.07) is 29.0. The number of ether oxygens (including phenoxy) is 4. The number of hydrogen-bond donors (Lipinski definition) is 3. The van der Waals surface area contributed by atoms with Crippen molar-refractivity contribution in [2.75, 3.05) is 58.3 Å². The van der Waals surface area contributed by atoms with Gasteiger partial charge in [-0.25, -0.2) is 16.8 Å². The summed E-state index contributed by atoms with van der Waals surface area (Å²) in [5, 5.41) is 33.3. The summed E-state index contributed by atoms with van der Waals surface area (Å²) >= 11 is 0. The second kappa shape index (κ2) is 23.6. The van der Waals surface area contributed by atoms with Crippen molar-refractivity contribution < 1.29 is 51.1 Å². The van der Waals surface area contributed by atoms with Gasteiger partial charge in [-0.1, -0.05) is 126 Å². The Kier molecular flexibility index (Phi) is 18.8. The number of aliphatic hydroxyl groups excluding tert-OH is 2. The minimum absolute atomic E-state index is 0.0730. The molecule has 13 heteroatoms. The lowest BCUT2D eigenvalue weighted by Crippen LogP contribution is -2.42. The molecular weight excluding hydrogens is 853 g/mol. The highest BCUT2D eigenvalue weighted by molar-refractivity contribution is 7.91. The van der Waals surface area contributed by atoms with E-state index in [1.165, 1.54) is 12.1 Å². The van der Waals surface area contributed by atoms with Crippen molar-refractivity contribution in [3.05, 3.63) is 119 Å². The highest BCUT2D eigenvalue weighted by atomic mass is 32.2. The van der Waals surface area contributed by atoms with Gasteiger partial charge in [-0.2, -0.15) is 0 Å². The minimum atomic E-state index is -3.67. The lowest BCUT2D eigenvalue weighted by molar-refractivity contribution is 0.0172. The lowest BCUT2D eigenvalue weighted by Gasteiger charge is -2.39. The number of methoxy groups -OCH3 is 1. The number of aliphatic hydroxyl groups is 2. The Balaban J connectivity index is 0.000000253. The maximum atomic E-state index is 13.8. The summed E-state index contributed by atoms with van der Waals surface area (Å²) in [5.74, 6) is -0.671. The van der Waals surface area contributed by atoms with E-state index >= 15 is 0 Å². The summed E-state index contributed by atoms with van der Waals surface area (Å²) in [6.07, 6.45) is 4.45. The molecule has 0 radical (unpaired) electrons. The van der Waals surface area contributed by atoms with Crippen molar-refractivity contribution in [3.8, 4) is 11.5 Å². The average molecular weight is 923 g/mol. The first-order chi connectivity index (χ1) is 30.7. The fourth-order valence-corrected chi connectivity index (χ4v) is 14.1. The molecule has 6 atom stereocenters. The van der Waals surface area contributed by atoms with E-state index in [-0.39, 0.29) is 33.7 Å². The zero-order valence-corrected chi connectivity index (χ0v) is 39.9. The zero-order valence-electron chi connectivity index (χ0n) is 38.3. The summed E-state index contributed by atoms with van der Waals surface area (Å²) in [7, 11) is -5.69. The Morgan fingerprint density at radius 2 is 1.02 bits per heavy atom. The molecule has 0 amide bonds. The van der Waals surface area contributed by atoms with Gasteiger partial charge in [0, 0.05) is 29.8 Å². The van der Waals surface area contributed by atoms with Gasteiger partial charge in [-0.15, -0.1) is 0 Å². The van der Waals surface area contributed by atoms with Crippen LogP contribution in [-0.4, -0.2) is 103 Å². The zero-order chi connectivity index (χ0) is 46.4. The fourth-order valence-electron chi connectivity index (χ4n) is 9.51. The van der Waals surface area contributed by atoms with E-state index in [1.54, 1.807) is 31.4 Å². The first-order valence-electron chi connectivity index (χ1n) is 22.9. The van der Waals surface area contributed by atoms with Gasteiger partial charge in [-0.3, -0.25) is 0 Å². The molecule has 4 aromatic carbocycles. The number of unbranched alkanes of at least 4 members (excludes halogenated alkanes) is 2. The van der Waals surface area contributed by atoms with Crippen molar-refractivity contribution in [1.29, 1.82) is 0 Å². The van der Waals surface area contributed by atoms with Crippen molar-refractivity contribution in [1.82, 2.24) is 0 Å². The molecule has 0 saturated heterocycles. The van der Waals surface area contributed by atoms with Crippen LogP contribution in [0.5, 0.6) is 11.5 Å². The number of phenolic OH excluding ortho intramolecular Hbond substituents is 1. The minimum Gasteiger partial charge on any atom is -0.508 e. The number of aromatic hydroxyl groups is 1. The van der Waals surface area contributed by atoms with Crippen molar-refractivity contribution in [2.45, 2.75) is 113 Å². The molecule has 2 aliphatic rings. The van der Waals surface area contributed by atoms with E-state index in [0.717, 1.165) is 36.8 Å². The van der Waals surface area contributed by atoms with E-state index in [1.807, 2.05) is 74.5 Å². The second-order valence-corrected chi connectivity index (χ2v) is 21.2. The van der Waals surface area contributed by atoms with Gasteiger partial charge >= 0.3 is 0 Å². The van der Waals surface area contributed by atoms with Gasteiger partial charge in [0.1, 0.15) is 18.1 Å². The van der Waals surface area contributed by atoms with Gasteiger partial charge in [-0.05, 0) is 72.2 Å². The predicted octanol–water partition coefficient (Wildman–Crippen LogP) is 8.87. The van der Waals surface area contributed by atoms with Gasteiger partial charge in [0.25, 0.3) is 0 Å². The number of sulfone groups is 2. The van der Waals surface area contributed by atoms with E-state index in [4.69, 9.17) is 18.9 Å². The molecule has 0 aliphatic carbocycles. The molecule has 11 nitrogen and oxygen atoms in total. The van der Waals surface area contributed by atoms with Crippen LogP contribution in [0, 0.1) is 10.8 Å². The molecule has 2 heterocycles. The van der Waals surface area contributed by atoms with E-state index in [9.17, 15) is 32.2 Å². The van der Waals surface area contributed by atoms with Crippen LogP contribution in [0.2, 0.25) is 0 Å². The molecule has 0 saturated carbocycles. The molecular formula is C51H70O11S2. The smallest absolute Gasteiger partial charge is 0.179 e. The molecule has 2 unspecified atom stereocenters. The largest absolute Gasteiger partial charge is 0.508 e. The summed E-state index contributed by atoms with van der Waals surface area (Å²) in [5.41, 5.74) is 1.56. The van der Waals surface area contributed by atoms with Gasteiger partial charge < -0.3 is 34.3 Å². The van der Waals surface area contributed by atoms with Crippen LogP contribution < -0.4 is 4.74 Å². The van der Waals surface area contributed by atoms with Gasteiger partial charge in [0.2, 0.25) is 0 Å². The Labute approximate surface area is 382 Å². The van der Waals surface area contributed by atoms with Crippen LogP contribution in [-0.2, 0) is 33.9 Å². The molecule has 2 aliphatic heterocycles. The first-order valence-corrected chi connectivity index (χ1v) is 26.2.